The fourth-order valence-corrected chi connectivity index (χ4v) is 3.13. The Morgan fingerprint density at radius 1 is 1.27 bits per heavy atom. The highest BCUT2D eigenvalue weighted by Crippen LogP contribution is 2.18. The molecule has 1 aromatic heterocycles. The summed E-state index contributed by atoms with van der Waals surface area (Å²) in [5, 5.41) is 2.96. The molecule has 6 nitrogen and oxygen atoms in total. The highest BCUT2D eigenvalue weighted by atomic mass is 32.1. The molecule has 0 spiro atoms. The van der Waals surface area contributed by atoms with E-state index in [1.54, 1.807) is 24.0 Å². The molecule has 1 fully saturated rings. The van der Waals surface area contributed by atoms with Crippen molar-refractivity contribution in [2.24, 2.45) is 0 Å². The third-order valence-corrected chi connectivity index (χ3v) is 4.72. The van der Waals surface area contributed by atoms with E-state index >= 15 is 0 Å². The average molecular weight is 324 g/mol. The van der Waals surface area contributed by atoms with Gasteiger partial charge in [0.25, 0.3) is 5.91 Å². The topological polar surface area (TPSA) is 75.7 Å². The van der Waals surface area contributed by atoms with Crippen LogP contribution in [0.15, 0.2) is 12.1 Å². The molecule has 120 valence electrons. The van der Waals surface area contributed by atoms with E-state index in [0.717, 1.165) is 0 Å². The molecule has 1 aliphatic rings. The minimum absolute atomic E-state index is 0.0354. The van der Waals surface area contributed by atoms with Crippen LogP contribution in [0.3, 0.4) is 0 Å². The van der Waals surface area contributed by atoms with E-state index < -0.39 is 0 Å². The number of nitrogens with zero attached hydrogens (tertiary/aromatic N) is 1. The highest BCUT2D eigenvalue weighted by molar-refractivity contribution is 7.15. The van der Waals surface area contributed by atoms with Crippen LogP contribution in [0.4, 0.5) is 4.79 Å². The van der Waals surface area contributed by atoms with Gasteiger partial charge in [0.2, 0.25) is 0 Å². The number of rotatable bonds is 4. The normalized spacial score (nSPS) is 15.5. The summed E-state index contributed by atoms with van der Waals surface area (Å²) in [5.41, 5.74) is 0. The van der Waals surface area contributed by atoms with Gasteiger partial charge in [-0.1, -0.05) is 0 Å². The van der Waals surface area contributed by atoms with E-state index in [-0.39, 0.29) is 23.8 Å². The number of carbonyl (C=O) groups excluding carboxylic acids is 3. The van der Waals surface area contributed by atoms with Crippen LogP contribution < -0.4 is 5.32 Å². The summed E-state index contributed by atoms with van der Waals surface area (Å²) in [5.74, 6) is -0.195. The van der Waals surface area contributed by atoms with E-state index in [0.29, 0.717) is 42.3 Å². The van der Waals surface area contributed by atoms with E-state index in [2.05, 4.69) is 5.32 Å². The lowest BCUT2D eigenvalue weighted by atomic mass is 10.1. The summed E-state index contributed by atoms with van der Waals surface area (Å²) in [4.78, 5) is 37.8. The van der Waals surface area contributed by atoms with Crippen molar-refractivity contribution < 1.29 is 19.1 Å². The van der Waals surface area contributed by atoms with Gasteiger partial charge >= 0.3 is 6.09 Å². The van der Waals surface area contributed by atoms with Crippen LogP contribution >= 0.6 is 11.3 Å². The monoisotopic (exact) mass is 324 g/mol. The molecular formula is C15H20N2O4S. The fraction of sp³-hybridized carbons (Fsp3) is 0.533. The molecular weight excluding hydrogens is 304 g/mol. The van der Waals surface area contributed by atoms with Gasteiger partial charge in [-0.05, 0) is 38.8 Å². The van der Waals surface area contributed by atoms with Gasteiger partial charge in [-0.25, -0.2) is 4.79 Å². The van der Waals surface area contributed by atoms with Crippen LogP contribution in [0.5, 0.6) is 0 Å². The molecule has 1 aliphatic heterocycles. The van der Waals surface area contributed by atoms with E-state index in [4.69, 9.17) is 4.74 Å². The maximum atomic E-state index is 12.1. The zero-order valence-electron chi connectivity index (χ0n) is 12.8. The number of likely N-dealkylation sites (tertiary alicyclic amines) is 1. The van der Waals surface area contributed by atoms with Crippen LogP contribution in [-0.2, 0) is 4.74 Å². The summed E-state index contributed by atoms with van der Waals surface area (Å²) in [7, 11) is 0. The second-order valence-electron chi connectivity index (χ2n) is 5.15. The quantitative estimate of drug-likeness (QED) is 0.862. The predicted octanol–water partition coefficient (Wildman–Crippen LogP) is 2.30. The lowest BCUT2D eigenvalue weighted by Gasteiger charge is -2.31. The van der Waals surface area contributed by atoms with E-state index in [1.807, 2.05) is 0 Å². The van der Waals surface area contributed by atoms with Gasteiger partial charge in [-0.15, -0.1) is 11.3 Å². The van der Waals surface area contributed by atoms with Gasteiger partial charge < -0.3 is 15.0 Å². The molecule has 2 amide bonds. The average Bonchev–Trinajstić information content (AvgIpc) is 2.98. The maximum Gasteiger partial charge on any atom is 0.409 e. The fourth-order valence-electron chi connectivity index (χ4n) is 2.33. The number of Topliss-reactive ketones (excluding diaryl/α,β-unsaturated/α-hetero) is 1. The Balaban J connectivity index is 1.83. The van der Waals surface area contributed by atoms with Crippen molar-refractivity contribution in [1.82, 2.24) is 10.2 Å². The summed E-state index contributed by atoms with van der Waals surface area (Å²) in [6.07, 6.45) is 1.11. The molecule has 0 radical (unpaired) electrons. The smallest absolute Gasteiger partial charge is 0.409 e. The van der Waals surface area contributed by atoms with Crippen molar-refractivity contribution in [3.8, 4) is 0 Å². The van der Waals surface area contributed by atoms with Gasteiger partial charge in [-0.2, -0.15) is 0 Å². The van der Waals surface area contributed by atoms with E-state index in [1.165, 1.54) is 18.3 Å². The molecule has 2 heterocycles. The Morgan fingerprint density at radius 3 is 2.45 bits per heavy atom. The summed E-state index contributed by atoms with van der Waals surface area (Å²) >= 11 is 1.20. The number of carbonyl (C=O) groups is 3. The molecule has 0 aromatic carbocycles. The van der Waals surface area contributed by atoms with Crippen LogP contribution in [0.25, 0.3) is 0 Å². The minimum atomic E-state index is -0.295. The summed E-state index contributed by atoms with van der Waals surface area (Å²) in [6, 6.07) is 3.39. The Labute approximate surface area is 133 Å². The van der Waals surface area contributed by atoms with Gasteiger partial charge in [0.15, 0.2) is 5.78 Å². The molecule has 22 heavy (non-hydrogen) atoms. The predicted molar refractivity (Wildman–Crippen MR) is 83.4 cm³/mol. The molecule has 2 rings (SSSR count). The lowest BCUT2D eigenvalue weighted by Crippen LogP contribution is -2.46. The van der Waals surface area contributed by atoms with Crippen molar-refractivity contribution in [3.63, 3.8) is 0 Å². The van der Waals surface area contributed by atoms with Crippen LogP contribution in [0, 0.1) is 0 Å². The van der Waals surface area contributed by atoms with Crippen LogP contribution in [0.1, 0.15) is 46.0 Å². The second kappa shape index (κ2) is 7.40. The summed E-state index contributed by atoms with van der Waals surface area (Å²) in [6.45, 7) is 4.78. The Kier molecular flexibility index (Phi) is 5.54. The first kappa shape index (κ1) is 16.5. The van der Waals surface area contributed by atoms with Crippen LogP contribution in [-0.4, -0.2) is 48.4 Å². The zero-order chi connectivity index (χ0) is 16.1. The van der Waals surface area contributed by atoms with Crippen molar-refractivity contribution in [2.45, 2.75) is 32.7 Å². The third-order valence-electron chi connectivity index (χ3n) is 3.53. The third kappa shape index (κ3) is 4.07. The number of nitrogens with one attached hydrogen (secondary N) is 1. The van der Waals surface area contributed by atoms with E-state index in [9.17, 15) is 14.4 Å². The van der Waals surface area contributed by atoms with Gasteiger partial charge in [-0.3, -0.25) is 9.59 Å². The van der Waals surface area contributed by atoms with Crippen LogP contribution in [0.2, 0.25) is 0 Å². The number of amides is 2. The van der Waals surface area contributed by atoms with Gasteiger partial charge in [0, 0.05) is 19.1 Å². The van der Waals surface area contributed by atoms with Crippen molar-refractivity contribution >= 4 is 29.1 Å². The first-order valence-corrected chi connectivity index (χ1v) is 8.16. The lowest BCUT2D eigenvalue weighted by molar-refractivity contribution is 0.0862. The molecule has 0 unspecified atom stereocenters. The number of thiophene rings is 1. The standard InChI is InChI=1S/C15H20N2O4S/c1-3-21-15(20)17-8-6-11(7-9-17)16-14(19)13-5-4-12(22-13)10(2)18/h4-5,11H,3,6-9H2,1-2H3,(H,16,19). The van der Waals surface area contributed by atoms with Gasteiger partial charge in [0.1, 0.15) is 0 Å². The molecule has 0 bridgehead atoms. The molecule has 7 heteroatoms. The second-order valence-corrected chi connectivity index (χ2v) is 6.24. The highest BCUT2D eigenvalue weighted by Gasteiger charge is 2.25. The Bertz CT molecular complexity index is 562. The SMILES string of the molecule is CCOC(=O)N1CCC(NC(=O)c2ccc(C(C)=O)s2)CC1. The van der Waals surface area contributed by atoms with Crippen molar-refractivity contribution in [3.05, 3.63) is 21.9 Å². The van der Waals surface area contributed by atoms with Crippen molar-refractivity contribution in [2.75, 3.05) is 19.7 Å². The molecule has 1 saturated heterocycles. The molecule has 0 aliphatic carbocycles. The number of hydrogen-bond donors (Lipinski definition) is 1. The molecule has 1 aromatic rings. The molecule has 0 atom stereocenters. The Hall–Kier alpha value is -1.89. The number of hydrogen-bond acceptors (Lipinski definition) is 5. The number of ketones is 1. The summed E-state index contributed by atoms with van der Waals surface area (Å²) < 4.78 is 4.96. The number of piperidine rings is 1. The minimum Gasteiger partial charge on any atom is -0.450 e. The first-order valence-electron chi connectivity index (χ1n) is 7.34. The largest absolute Gasteiger partial charge is 0.450 e. The van der Waals surface area contributed by atoms with Crippen molar-refractivity contribution in [1.29, 1.82) is 0 Å². The zero-order valence-corrected chi connectivity index (χ0v) is 13.6. The number of ether oxygens (including phenoxy) is 1. The Morgan fingerprint density at radius 2 is 1.91 bits per heavy atom. The first-order chi connectivity index (χ1) is 10.5. The maximum absolute atomic E-state index is 12.1. The molecule has 0 saturated carbocycles. The molecule has 1 N–H and O–H groups in total. The van der Waals surface area contributed by atoms with Gasteiger partial charge in [0.05, 0.1) is 16.4 Å².